The van der Waals surface area contributed by atoms with Crippen LogP contribution in [0.1, 0.15) is 31.7 Å². The van der Waals surface area contributed by atoms with Crippen molar-refractivity contribution in [2.24, 2.45) is 0 Å². The van der Waals surface area contributed by atoms with Crippen molar-refractivity contribution in [3.8, 4) is 0 Å². The number of urea groups is 1. The van der Waals surface area contributed by atoms with Crippen molar-refractivity contribution in [1.29, 1.82) is 0 Å². The number of nitrogens with one attached hydrogen (secondary N) is 1. The topological polar surface area (TPSA) is 57.7 Å². The molecule has 2 aliphatic rings. The van der Waals surface area contributed by atoms with Gasteiger partial charge in [0, 0.05) is 38.4 Å². The Hall–Kier alpha value is -1.82. The average molecular weight is 318 g/mol. The zero-order valence-corrected chi connectivity index (χ0v) is 13.8. The minimum atomic E-state index is 0.0435. The lowest BCUT2D eigenvalue weighted by atomic mass is 10.0. The van der Waals surface area contributed by atoms with Crippen molar-refractivity contribution in [1.82, 2.24) is 15.2 Å². The standard InChI is InChI=1S/C17H26N4O2/c1-14-4-2-3-7-21(14)17(22)19-13-15-5-6-18-16(12-15)20-8-10-23-11-9-20/h5-6,12,14H,2-4,7-11,13H2,1H3,(H,19,22). The molecule has 1 aromatic heterocycles. The molecule has 0 radical (unpaired) electrons. The van der Waals surface area contributed by atoms with E-state index in [1.54, 1.807) is 0 Å². The number of ether oxygens (including phenoxy) is 1. The molecule has 0 aliphatic carbocycles. The summed E-state index contributed by atoms with van der Waals surface area (Å²) in [6.07, 6.45) is 5.24. The SMILES string of the molecule is CC1CCCCN1C(=O)NCc1ccnc(N2CCOCC2)c1. The van der Waals surface area contributed by atoms with E-state index >= 15 is 0 Å². The van der Waals surface area contributed by atoms with Crippen molar-refractivity contribution >= 4 is 11.8 Å². The number of carbonyl (C=O) groups excluding carboxylic acids is 1. The van der Waals surface area contributed by atoms with Crippen LogP contribution in [0.2, 0.25) is 0 Å². The molecular formula is C17H26N4O2. The molecule has 0 aromatic carbocycles. The number of pyridine rings is 1. The number of likely N-dealkylation sites (tertiary alicyclic amines) is 1. The van der Waals surface area contributed by atoms with Crippen LogP contribution in [0.25, 0.3) is 0 Å². The van der Waals surface area contributed by atoms with E-state index < -0.39 is 0 Å². The molecule has 0 spiro atoms. The molecule has 2 amide bonds. The molecule has 3 heterocycles. The first-order valence-corrected chi connectivity index (χ1v) is 8.56. The molecule has 2 fully saturated rings. The van der Waals surface area contributed by atoms with E-state index in [2.05, 4.69) is 28.2 Å². The summed E-state index contributed by atoms with van der Waals surface area (Å²) in [5.41, 5.74) is 1.08. The van der Waals surface area contributed by atoms with E-state index in [-0.39, 0.29) is 6.03 Å². The third-order valence-corrected chi connectivity index (χ3v) is 4.65. The highest BCUT2D eigenvalue weighted by Crippen LogP contribution is 2.17. The summed E-state index contributed by atoms with van der Waals surface area (Å²) < 4.78 is 5.38. The second-order valence-corrected chi connectivity index (χ2v) is 6.32. The fraction of sp³-hybridized carbons (Fsp3) is 0.647. The average Bonchev–Trinajstić information content (AvgIpc) is 2.61. The third-order valence-electron chi connectivity index (χ3n) is 4.65. The molecule has 2 aliphatic heterocycles. The van der Waals surface area contributed by atoms with Gasteiger partial charge in [-0.05, 0) is 43.9 Å². The van der Waals surface area contributed by atoms with Crippen molar-refractivity contribution < 1.29 is 9.53 Å². The van der Waals surface area contributed by atoms with Gasteiger partial charge in [-0.3, -0.25) is 0 Å². The molecule has 0 saturated carbocycles. The Morgan fingerprint density at radius 2 is 2.17 bits per heavy atom. The zero-order valence-electron chi connectivity index (χ0n) is 13.8. The quantitative estimate of drug-likeness (QED) is 0.926. The Morgan fingerprint density at radius 1 is 1.35 bits per heavy atom. The van der Waals surface area contributed by atoms with E-state index in [0.29, 0.717) is 12.6 Å². The smallest absolute Gasteiger partial charge is 0.317 e. The van der Waals surface area contributed by atoms with Crippen LogP contribution in [0.5, 0.6) is 0 Å². The van der Waals surface area contributed by atoms with Crippen LogP contribution in [0, 0.1) is 0 Å². The van der Waals surface area contributed by atoms with E-state index in [4.69, 9.17) is 4.74 Å². The van der Waals surface area contributed by atoms with Crippen LogP contribution in [0.15, 0.2) is 18.3 Å². The molecule has 1 unspecified atom stereocenters. The summed E-state index contributed by atoms with van der Waals surface area (Å²) in [4.78, 5) is 21.0. The Labute approximate surface area is 137 Å². The Balaban J connectivity index is 1.56. The highest BCUT2D eigenvalue weighted by atomic mass is 16.5. The summed E-state index contributed by atoms with van der Waals surface area (Å²) in [6.45, 7) is 6.76. The third kappa shape index (κ3) is 4.13. The number of carbonyl (C=O) groups is 1. The maximum Gasteiger partial charge on any atom is 0.317 e. The lowest BCUT2D eigenvalue weighted by molar-refractivity contribution is 0.122. The number of morpholine rings is 1. The molecule has 2 saturated heterocycles. The maximum absolute atomic E-state index is 12.3. The molecule has 1 aromatic rings. The molecule has 126 valence electrons. The number of anilines is 1. The largest absolute Gasteiger partial charge is 0.378 e. The zero-order chi connectivity index (χ0) is 16.1. The molecular weight excluding hydrogens is 292 g/mol. The van der Waals surface area contributed by atoms with Gasteiger partial charge in [0.1, 0.15) is 5.82 Å². The number of piperidine rings is 1. The van der Waals surface area contributed by atoms with Crippen LogP contribution in [0.4, 0.5) is 10.6 Å². The monoisotopic (exact) mass is 318 g/mol. The van der Waals surface area contributed by atoms with Crippen molar-refractivity contribution in [2.45, 2.75) is 38.8 Å². The molecule has 1 atom stereocenters. The van der Waals surface area contributed by atoms with Crippen molar-refractivity contribution in [3.63, 3.8) is 0 Å². The van der Waals surface area contributed by atoms with Gasteiger partial charge in [0.2, 0.25) is 0 Å². The minimum absolute atomic E-state index is 0.0435. The van der Waals surface area contributed by atoms with E-state index in [1.807, 2.05) is 17.2 Å². The molecule has 0 bridgehead atoms. The van der Waals surface area contributed by atoms with Crippen LogP contribution >= 0.6 is 0 Å². The molecule has 23 heavy (non-hydrogen) atoms. The molecule has 3 rings (SSSR count). The predicted octanol–water partition coefficient (Wildman–Crippen LogP) is 2.00. The highest BCUT2D eigenvalue weighted by Gasteiger charge is 2.22. The number of rotatable bonds is 3. The Bertz CT molecular complexity index is 531. The van der Waals surface area contributed by atoms with Gasteiger partial charge in [0.05, 0.1) is 13.2 Å². The molecule has 6 nitrogen and oxygen atoms in total. The van der Waals surface area contributed by atoms with E-state index in [0.717, 1.165) is 57.1 Å². The van der Waals surface area contributed by atoms with Gasteiger partial charge in [-0.15, -0.1) is 0 Å². The number of hydrogen-bond acceptors (Lipinski definition) is 4. The number of nitrogens with zero attached hydrogens (tertiary/aromatic N) is 3. The van der Waals surface area contributed by atoms with Crippen LogP contribution in [0.3, 0.4) is 0 Å². The maximum atomic E-state index is 12.3. The highest BCUT2D eigenvalue weighted by molar-refractivity contribution is 5.74. The van der Waals surface area contributed by atoms with Gasteiger partial charge in [0.15, 0.2) is 0 Å². The lowest BCUT2D eigenvalue weighted by Crippen LogP contribution is -2.47. The van der Waals surface area contributed by atoms with Gasteiger partial charge in [-0.1, -0.05) is 0 Å². The van der Waals surface area contributed by atoms with Gasteiger partial charge in [-0.2, -0.15) is 0 Å². The van der Waals surface area contributed by atoms with Crippen molar-refractivity contribution in [3.05, 3.63) is 23.9 Å². The van der Waals surface area contributed by atoms with Gasteiger partial charge in [-0.25, -0.2) is 9.78 Å². The van der Waals surface area contributed by atoms with Gasteiger partial charge in [0.25, 0.3) is 0 Å². The first kappa shape index (κ1) is 16.1. The Kier molecular flexibility index (Phi) is 5.33. The summed E-state index contributed by atoms with van der Waals surface area (Å²) in [5.74, 6) is 0.964. The van der Waals surface area contributed by atoms with Crippen LogP contribution < -0.4 is 10.2 Å². The number of amides is 2. The predicted molar refractivity (Wildman–Crippen MR) is 89.5 cm³/mol. The Morgan fingerprint density at radius 3 is 2.96 bits per heavy atom. The summed E-state index contributed by atoms with van der Waals surface area (Å²) in [5, 5.41) is 3.05. The van der Waals surface area contributed by atoms with Crippen molar-refractivity contribution in [2.75, 3.05) is 37.7 Å². The normalized spacial score (nSPS) is 22.0. The fourth-order valence-corrected chi connectivity index (χ4v) is 3.21. The van der Waals surface area contributed by atoms with Gasteiger partial charge < -0.3 is 19.9 Å². The van der Waals surface area contributed by atoms with E-state index in [9.17, 15) is 4.79 Å². The second-order valence-electron chi connectivity index (χ2n) is 6.32. The lowest BCUT2D eigenvalue weighted by Gasteiger charge is -2.33. The first-order chi connectivity index (χ1) is 11.2. The van der Waals surface area contributed by atoms with Crippen LogP contribution in [-0.4, -0.2) is 54.8 Å². The van der Waals surface area contributed by atoms with Gasteiger partial charge >= 0.3 is 6.03 Å². The summed E-state index contributed by atoms with van der Waals surface area (Å²) >= 11 is 0. The molecule has 1 N–H and O–H groups in total. The first-order valence-electron chi connectivity index (χ1n) is 8.56. The number of aromatic nitrogens is 1. The summed E-state index contributed by atoms with van der Waals surface area (Å²) in [7, 11) is 0. The number of hydrogen-bond donors (Lipinski definition) is 1. The molecule has 6 heteroatoms. The summed E-state index contributed by atoms with van der Waals surface area (Å²) in [6, 6.07) is 4.40. The minimum Gasteiger partial charge on any atom is -0.378 e. The fourth-order valence-electron chi connectivity index (χ4n) is 3.21. The second kappa shape index (κ2) is 7.64. The van der Waals surface area contributed by atoms with E-state index in [1.165, 1.54) is 6.42 Å². The van der Waals surface area contributed by atoms with Crippen LogP contribution in [-0.2, 0) is 11.3 Å².